The lowest BCUT2D eigenvalue weighted by molar-refractivity contribution is -0.386. The third-order valence-corrected chi connectivity index (χ3v) is 3.86. The van der Waals surface area contributed by atoms with Crippen molar-refractivity contribution in [2.24, 2.45) is 5.10 Å². The predicted octanol–water partition coefficient (Wildman–Crippen LogP) is 3.90. The lowest BCUT2D eigenvalue weighted by atomic mass is 10.2. The monoisotopic (exact) mass is 381 g/mol. The fraction of sp³-hybridized carbons (Fsp3) is 0.150. The number of rotatable bonds is 9. The van der Waals surface area contributed by atoms with Crippen LogP contribution in [-0.2, 0) is 13.2 Å². The van der Waals surface area contributed by atoms with Crippen LogP contribution in [0.25, 0.3) is 0 Å². The number of nitro groups is 1. The van der Waals surface area contributed by atoms with E-state index in [2.05, 4.69) is 10.5 Å². The second-order valence-electron chi connectivity index (χ2n) is 5.72. The van der Waals surface area contributed by atoms with E-state index in [1.165, 1.54) is 6.07 Å². The Labute approximate surface area is 161 Å². The first-order valence-electron chi connectivity index (χ1n) is 8.50. The van der Waals surface area contributed by atoms with Gasteiger partial charge in [0.25, 0.3) is 0 Å². The number of furan rings is 1. The normalized spacial score (nSPS) is 10.8. The van der Waals surface area contributed by atoms with Gasteiger partial charge in [-0.25, -0.2) is 0 Å². The Kier molecular flexibility index (Phi) is 6.25. The van der Waals surface area contributed by atoms with Crippen molar-refractivity contribution in [3.05, 3.63) is 87.9 Å². The second-order valence-corrected chi connectivity index (χ2v) is 5.72. The van der Waals surface area contributed by atoms with Crippen LogP contribution in [0.3, 0.4) is 0 Å². The van der Waals surface area contributed by atoms with Gasteiger partial charge in [0.2, 0.25) is 0 Å². The Bertz CT molecular complexity index is 968. The average molecular weight is 381 g/mol. The molecule has 0 aliphatic heterocycles. The Morgan fingerprint density at radius 1 is 1.11 bits per heavy atom. The standard InChI is InChI=1S/C20H19N3O5/c1-26-19-8-4-2-6-15(19)12-21-22-13-16-10-11-17(28-16)14-27-20-9-5-3-7-18(20)23(24)25/h2-11,13,21H,12,14H2,1H3/b22-13-. The van der Waals surface area contributed by atoms with Gasteiger partial charge in [0.1, 0.15) is 23.9 Å². The fourth-order valence-corrected chi connectivity index (χ4v) is 2.51. The number of methoxy groups -OCH3 is 1. The maximum atomic E-state index is 11.0. The van der Waals surface area contributed by atoms with Crippen molar-refractivity contribution < 1.29 is 18.8 Å². The van der Waals surface area contributed by atoms with E-state index >= 15 is 0 Å². The van der Waals surface area contributed by atoms with Crippen LogP contribution >= 0.6 is 0 Å². The molecular formula is C20H19N3O5. The van der Waals surface area contributed by atoms with Gasteiger partial charge in [-0.05, 0) is 24.3 Å². The van der Waals surface area contributed by atoms with Crippen LogP contribution < -0.4 is 14.9 Å². The number of benzene rings is 2. The number of nitrogens with one attached hydrogen (secondary N) is 1. The first-order valence-corrected chi connectivity index (χ1v) is 8.50. The number of hydrazone groups is 1. The Morgan fingerprint density at radius 3 is 2.64 bits per heavy atom. The van der Waals surface area contributed by atoms with Gasteiger partial charge in [-0.2, -0.15) is 5.10 Å². The highest BCUT2D eigenvalue weighted by molar-refractivity contribution is 5.75. The zero-order valence-corrected chi connectivity index (χ0v) is 15.2. The quantitative estimate of drug-likeness (QED) is 0.343. The topological polar surface area (TPSA) is 99.1 Å². The first kappa shape index (κ1) is 19.0. The van der Waals surface area contributed by atoms with Crippen molar-refractivity contribution in [2.45, 2.75) is 13.2 Å². The minimum absolute atomic E-state index is 0.0767. The molecule has 0 bridgehead atoms. The molecule has 0 atom stereocenters. The van der Waals surface area contributed by atoms with Gasteiger partial charge in [-0.15, -0.1) is 0 Å². The summed E-state index contributed by atoms with van der Waals surface area (Å²) in [5, 5.41) is 15.1. The third kappa shape index (κ3) is 4.88. The molecule has 144 valence electrons. The highest BCUT2D eigenvalue weighted by Gasteiger charge is 2.14. The molecule has 0 aliphatic rings. The number of hydrogen-bond acceptors (Lipinski definition) is 7. The van der Waals surface area contributed by atoms with Gasteiger partial charge in [0.15, 0.2) is 5.75 Å². The van der Waals surface area contributed by atoms with Crippen LogP contribution in [0.5, 0.6) is 11.5 Å². The van der Waals surface area contributed by atoms with E-state index < -0.39 is 4.92 Å². The van der Waals surface area contributed by atoms with Crippen LogP contribution in [0.2, 0.25) is 0 Å². The molecule has 8 nitrogen and oxygen atoms in total. The van der Waals surface area contributed by atoms with Gasteiger partial charge < -0.3 is 19.3 Å². The highest BCUT2D eigenvalue weighted by atomic mass is 16.6. The van der Waals surface area contributed by atoms with Crippen molar-refractivity contribution >= 4 is 11.9 Å². The summed E-state index contributed by atoms with van der Waals surface area (Å²) in [6, 6.07) is 17.3. The summed E-state index contributed by atoms with van der Waals surface area (Å²) in [4.78, 5) is 10.5. The second kappa shape index (κ2) is 9.22. The minimum Gasteiger partial charge on any atom is -0.496 e. The molecule has 0 aliphatic carbocycles. The summed E-state index contributed by atoms with van der Waals surface area (Å²) >= 11 is 0. The molecular weight excluding hydrogens is 362 g/mol. The molecule has 1 aromatic heterocycles. The van der Waals surface area contributed by atoms with Gasteiger partial charge in [0, 0.05) is 11.6 Å². The van der Waals surface area contributed by atoms with E-state index in [4.69, 9.17) is 13.9 Å². The molecule has 3 aromatic rings. The zero-order valence-electron chi connectivity index (χ0n) is 15.2. The van der Waals surface area contributed by atoms with Crippen LogP contribution in [0.15, 0.2) is 70.2 Å². The number of ether oxygens (including phenoxy) is 2. The Hall–Kier alpha value is -3.81. The number of nitrogens with zero attached hydrogens (tertiary/aromatic N) is 2. The van der Waals surface area contributed by atoms with Crippen LogP contribution in [0.1, 0.15) is 17.1 Å². The summed E-state index contributed by atoms with van der Waals surface area (Å²) in [6.45, 7) is 0.586. The molecule has 0 radical (unpaired) electrons. The predicted molar refractivity (Wildman–Crippen MR) is 104 cm³/mol. The molecule has 1 heterocycles. The maximum Gasteiger partial charge on any atom is 0.310 e. The van der Waals surface area contributed by atoms with Crippen LogP contribution in [0, 0.1) is 10.1 Å². The molecule has 0 amide bonds. The molecule has 28 heavy (non-hydrogen) atoms. The third-order valence-electron chi connectivity index (χ3n) is 3.86. The van der Waals surface area contributed by atoms with Crippen LogP contribution in [-0.4, -0.2) is 18.2 Å². The van der Waals surface area contributed by atoms with E-state index in [0.717, 1.165) is 11.3 Å². The molecule has 0 spiro atoms. The largest absolute Gasteiger partial charge is 0.496 e. The number of para-hydroxylation sites is 3. The van der Waals surface area contributed by atoms with E-state index in [1.54, 1.807) is 43.7 Å². The van der Waals surface area contributed by atoms with Crippen molar-refractivity contribution in [1.82, 2.24) is 5.43 Å². The molecule has 8 heteroatoms. The lowest BCUT2D eigenvalue weighted by Gasteiger charge is -2.06. The molecule has 0 saturated carbocycles. The smallest absolute Gasteiger partial charge is 0.310 e. The Balaban J connectivity index is 1.53. The Morgan fingerprint density at radius 2 is 1.86 bits per heavy atom. The lowest BCUT2D eigenvalue weighted by Crippen LogP contribution is -2.06. The van der Waals surface area contributed by atoms with Gasteiger partial charge in [-0.3, -0.25) is 10.1 Å². The van der Waals surface area contributed by atoms with E-state index in [9.17, 15) is 10.1 Å². The summed E-state index contributed by atoms with van der Waals surface area (Å²) in [6.07, 6.45) is 1.55. The molecule has 3 rings (SSSR count). The summed E-state index contributed by atoms with van der Waals surface area (Å²) < 4.78 is 16.4. The summed E-state index contributed by atoms with van der Waals surface area (Å²) in [7, 11) is 1.62. The van der Waals surface area contributed by atoms with Crippen molar-refractivity contribution in [3.63, 3.8) is 0 Å². The highest BCUT2D eigenvalue weighted by Crippen LogP contribution is 2.26. The summed E-state index contributed by atoms with van der Waals surface area (Å²) in [5.74, 6) is 2.05. The first-order chi connectivity index (χ1) is 13.7. The van der Waals surface area contributed by atoms with Gasteiger partial charge in [0.05, 0.1) is 24.8 Å². The molecule has 0 saturated heterocycles. The summed E-state index contributed by atoms with van der Waals surface area (Å²) in [5.41, 5.74) is 3.83. The molecule has 1 N–H and O–H groups in total. The molecule has 2 aromatic carbocycles. The SMILES string of the molecule is COc1ccccc1CN/N=C\c1ccc(COc2ccccc2[N+](=O)[O-])o1. The van der Waals surface area contributed by atoms with Crippen molar-refractivity contribution in [2.75, 3.05) is 7.11 Å². The minimum atomic E-state index is -0.483. The van der Waals surface area contributed by atoms with Crippen LogP contribution in [0.4, 0.5) is 5.69 Å². The van der Waals surface area contributed by atoms with E-state index in [0.29, 0.717) is 18.1 Å². The number of hydrogen-bond donors (Lipinski definition) is 1. The molecule has 0 unspecified atom stereocenters. The average Bonchev–Trinajstić information content (AvgIpc) is 3.18. The van der Waals surface area contributed by atoms with Crippen molar-refractivity contribution in [1.29, 1.82) is 0 Å². The van der Waals surface area contributed by atoms with Crippen molar-refractivity contribution in [3.8, 4) is 11.5 Å². The van der Waals surface area contributed by atoms with E-state index in [-0.39, 0.29) is 18.0 Å². The van der Waals surface area contributed by atoms with Gasteiger partial charge >= 0.3 is 5.69 Å². The molecule has 0 fully saturated rings. The number of nitro benzene ring substituents is 1. The zero-order chi connectivity index (χ0) is 19.8. The maximum absolute atomic E-state index is 11.0. The van der Waals surface area contributed by atoms with E-state index in [1.807, 2.05) is 24.3 Å². The fourth-order valence-electron chi connectivity index (χ4n) is 2.51. The van der Waals surface area contributed by atoms with Gasteiger partial charge in [-0.1, -0.05) is 30.3 Å².